The van der Waals surface area contributed by atoms with Crippen molar-refractivity contribution < 1.29 is 0 Å². The highest BCUT2D eigenvalue weighted by atomic mass is 32.1. The van der Waals surface area contributed by atoms with Gasteiger partial charge in [0.1, 0.15) is 0 Å². The minimum atomic E-state index is 0.631. The van der Waals surface area contributed by atoms with Crippen LogP contribution in [0.15, 0.2) is 36.9 Å². The molecule has 0 saturated heterocycles. The maximum atomic E-state index is 4.22. The number of anilines is 1. The summed E-state index contributed by atoms with van der Waals surface area (Å²) < 4.78 is 0. The van der Waals surface area contributed by atoms with Crippen LogP contribution in [0.3, 0.4) is 0 Å². The summed E-state index contributed by atoms with van der Waals surface area (Å²) in [4.78, 5) is 12.4. The van der Waals surface area contributed by atoms with Crippen LogP contribution in [0.5, 0.6) is 0 Å². The Morgan fingerprint density at radius 2 is 1.75 bits per heavy atom. The van der Waals surface area contributed by atoms with Crippen molar-refractivity contribution in [2.75, 3.05) is 17.6 Å². The van der Waals surface area contributed by atoms with Gasteiger partial charge in [-0.3, -0.25) is 4.98 Å². The van der Waals surface area contributed by atoms with Crippen LogP contribution in [0.2, 0.25) is 0 Å². The fourth-order valence-corrected chi connectivity index (χ4v) is 1.39. The zero-order chi connectivity index (χ0) is 11.2. The van der Waals surface area contributed by atoms with E-state index in [1.54, 1.807) is 24.8 Å². The third-order valence-electron chi connectivity index (χ3n) is 2.06. The molecule has 1 N–H and O–H groups in total. The molecular weight excluding hydrogens is 220 g/mol. The summed E-state index contributed by atoms with van der Waals surface area (Å²) in [6, 6.07) is 3.86. The monoisotopic (exact) mass is 232 g/mol. The highest BCUT2D eigenvalue weighted by Gasteiger charge is 1.99. The predicted octanol–water partition coefficient (Wildman–Crippen LogP) is 1.88. The Balaban J connectivity index is 2.13. The SMILES string of the molecule is SCCNc1ncc(-c2ccncc2)cn1. The Hall–Kier alpha value is -1.62. The highest BCUT2D eigenvalue weighted by molar-refractivity contribution is 7.80. The number of rotatable bonds is 4. The van der Waals surface area contributed by atoms with E-state index in [1.807, 2.05) is 12.1 Å². The lowest BCUT2D eigenvalue weighted by Crippen LogP contribution is -2.05. The average Bonchev–Trinajstić information content (AvgIpc) is 2.38. The van der Waals surface area contributed by atoms with Gasteiger partial charge >= 0.3 is 0 Å². The molecule has 2 rings (SSSR count). The molecule has 0 radical (unpaired) electrons. The molecule has 16 heavy (non-hydrogen) atoms. The Bertz CT molecular complexity index is 429. The first-order valence-corrected chi connectivity index (χ1v) is 5.60. The Kier molecular flexibility index (Phi) is 3.71. The molecule has 2 aromatic rings. The molecule has 0 aliphatic heterocycles. The smallest absolute Gasteiger partial charge is 0.222 e. The zero-order valence-electron chi connectivity index (χ0n) is 8.67. The maximum absolute atomic E-state index is 4.22. The van der Waals surface area contributed by atoms with Crippen LogP contribution < -0.4 is 5.32 Å². The van der Waals surface area contributed by atoms with E-state index < -0.39 is 0 Å². The van der Waals surface area contributed by atoms with Crippen molar-refractivity contribution in [3.8, 4) is 11.1 Å². The molecule has 0 bridgehead atoms. The first-order chi connectivity index (χ1) is 7.90. The number of hydrogen-bond donors (Lipinski definition) is 2. The second kappa shape index (κ2) is 5.46. The van der Waals surface area contributed by atoms with Gasteiger partial charge < -0.3 is 5.32 Å². The molecule has 0 saturated carbocycles. The maximum Gasteiger partial charge on any atom is 0.222 e. The summed E-state index contributed by atoms with van der Waals surface area (Å²) in [5.41, 5.74) is 2.05. The van der Waals surface area contributed by atoms with E-state index in [-0.39, 0.29) is 0 Å². The molecule has 2 heterocycles. The van der Waals surface area contributed by atoms with Crippen LogP contribution in [-0.2, 0) is 0 Å². The van der Waals surface area contributed by atoms with Crippen molar-refractivity contribution in [2.45, 2.75) is 0 Å². The van der Waals surface area contributed by atoms with Crippen LogP contribution in [-0.4, -0.2) is 27.2 Å². The molecule has 2 aromatic heterocycles. The predicted molar refractivity (Wildman–Crippen MR) is 67.6 cm³/mol. The van der Waals surface area contributed by atoms with Crippen LogP contribution in [0, 0.1) is 0 Å². The first-order valence-electron chi connectivity index (χ1n) is 4.97. The molecule has 0 aromatic carbocycles. The molecule has 0 aliphatic rings. The van der Waals surface area contributed by atoms with Crippen molar-refractivity contribution in [1.82, 2.24) is 15.0 Å². The van der Waals surface area contributed by atoms with Crippen molar-refractivity contribution in [2.24, 2.45) is 0 Å². The van der Waals surface area contributed by atoms with Gasteiger partial charge in [0.15, 0.2) is 0 Å². The van der Waals surface area contributed by atoms with E-state index >= 15 is 0 Å². The summed E-state index contributed by atoms with van der Waals surface area (Å²) in [6.45, 7) is 0.762. The van der Waals surface area contributed by atoms with E-state index in [9.17, 15) is 0 Å². The third kappa shape index (κ3) is 2.70. The molecule has 0 aliphatic carbocycles. The second-order valence-electron chi connectivity index (χ2n) is 3.18. The molecule has 0 amide bonds. The van der Waals surface area contributed by atoms with Crippen LogP contribution in [0.25, 0.3) is 11.1 Å². The molecular formula is C11H12N4S. The van der Waals surface area contributed by atoms with Gasteiger partial charge in [-0.15, -0.1) is 0 Å². The van der Waals surface area contributed by atoms with Gasteiger partial charge in [-0.1, -0.05) is 0 Å². The van der Waals surface area contributed by atoms with Gasteiger partial charge in [-0.05, 0) is 17.7 Å². The van der Waals surface area contributed by atoms with E-state index in [4.69, 9.17) is 0 Å². The molecule has 5 heteroatoms. The molecule has 0 unspecified atom stereocenters. The van der Waals surface area contributed by atoms with Gasteiger partial charge in [0.05, 0.1) is 0 Å². The van der Waals surface area contributed by atoms with E-state index in [2.05, 4.69) is 32.9 Å². The summed E-state index contributed by atoms with van der Waals surface area (Å²) >= 11 is 4.10. The third-order valence-corrected chi connectivity index (χ3v) is 2.28. The Labute approximate surface area is 99.6 Å². The van der Waals surface area contributed by atoms with Gasteiger partial charge in [0.2, 0.25) is 5.95 Å². The lowest BCUT2D eigenvalue weighted by Gasteiger charge is -2.03. The molecule has 4 nitrogen and oxygen atoms in total. The fourth-order valence-electron chi connectivity index (χ4n) is 1.28. The van der Waals surface area contributed by atoms with Gasteiger partial charge in [-0.25, -0.2) is 9.97 Å². The fraction of sp³-hybridized carbons (Fsp3) is 0.182. The number of aromatic nitrogens is 3. The summed E-state index contributed by atoms with van der Waals surface area (Å²) in [5.74, 6) is 1.39. The zero-order valence-corrected chi connectivity index (χ0v) is 9.56. The Morgan fingerprint density at radius 3 is 2.38 bits per heavy atom. The highest BCUT2D eigenvalue weighted by Crippen LogP contribution is 2.16. The minimum absolute atomic E-state index is 0.631. The van der Waals surface area contributed by atoms with Crippen molar-refractivity contribution in [3.05, 3.63) is 36.9 Å². The van der Waals surface area contributed by atoms with Crippen LogP contribution >= 0.6 is 12.6 Å². The lowest BCUT2D eigenvalue weighted by molar-refractivity contribution is 1.09. The number of hydrogen-bond acceptors (Lipinski definition) is 5. The first kappa shape index (κ1) is 10.9. The minimum Gasteiger partial charge on any atom is -0.353 e. The topological polar surface area (TPSA) is 50.7 Å². The molecule has 82 valence electrons. The number of nitrogens with one attached hydrogen (secondary N) is 1. The largest absolute Gasteiger partial charge is 0.353 e. The van der Waals surface area contributed by atoms with Crippen molar-refractivity contribution in [1.29, 1.82) is 0 Å². The average molecular weight is 232 g/mol. The standard InChI is InChI=1S/C11H12N4S/c16-6-5-13-11-14-7-10(8-15-11)9-1-3-12-4-2-9/h1-4,7-8,16H,5-6H2,(H,13,14,15). The quantitative estimate of drug-likeness (QED) is 0.790. The van der Waals surface area contributed by atoms with E-state index in [0.717, 1.165) is 23.4 Å². The lowest BCUT2D eigenvalue weighted by atomic mass is 10.1. The van der Waals surface area contributed by atoms with Crippen molar-refractivity contribution in [3.63, 3.8) is 0 Å². The van der Waals surface area contributed by atoms with E-state index in [1.165, 1.54) is 0 Å². The van der Waals surface area contributed by atoms with Gasteiger partial charge in [0.25, 0.3) is 0 Å². The Morgan fingerprint density at radius 1 is 1.06 bits per heavy atom. The van der Waals surface area contributed by atoms with Crippen LogP contribution in [0.1, 0.15) is 0 Å². The second-order valence-corrected chi connectivity index (χ2v) is 3.63. The normalized spacial score (nSPS) is 10.1. The number of thiol groups is 1. The number of nitrogens with zero attached hydrogens (tertiary/aromatic N) is 3. The van der Waals surface area contributed by atoms with Gasteiger partial charge in [0, 0.05) is 42.6 Å². The summed E-state index contributed by atoms with van der Waals surface area (Å²) in [5, 5.41) is 3.06. The summed E-state index contributed by atoms with van der Waals surface area (Å²) in [7, 11) is 0. The van der Waals surface area contributed by atoms with Crippen molar-refractivity contribution >= 4 is 18.6 Å². The van der Waals surface area contributed by atoms with Crippen LogP contribution in [0.4, 0.5) is 5.95 Å². The molecule has 0 atom stereocenters. The summed E-state index contributed by atoms with van der Waals surface area (Å²) in [6.07, 6.45) is 7.09. The van der Waals surface area contributed by atoms with E-state index in [0.29, 0.717) is 5.95 Å². The number of pyridine rings is 1. The van der Waals surface area contributed by atoms with Gasteiger partial charge in [-0.2, -0.15) is 12.6 Å². The molecule has 0 spiro atoms. The molecule has 0 fully saturated rings.